The predicted molar refractivity (Wildman–Crippen MR) is 135 cm³/mol. The summed E-state index contributed by atoms with van der Waals surface area (Å²) in [4.78, 5) is 0. The minimum absolute atomic E-state index is 0.464. The summed E-state index contributed by atoms with van der Waals surface area (Å²) in [6, 6.07) is 21.2. The minimum Gasteiger partial charge on any atom is -0.508 e. The lowest BCUT2D eigenvalue weighted by Gasteiger charge is -2.14. The summed E-state index contributed by atoms with van der Waals surface area (Å²) in [5.74, 6) is 1.98. The van der Waals surface area contributed by atoms with Gasteiger partial charge >= 0.3 is 0 Å². The van der Waals surface area contributed by atoms with Gasteiger partial charge in [-0.25, -0.2) is 0 Å². The van der Waals surface area contributed by atoms with Gasteiger partial charge in [-0.2, -0.15) is 0 Å². The number of hydrogen-bond acceptors (Lipinski definition) is 4. The fraction of sp³-hybridized carbons (Fsp3) is 0.200. The molecule has 0 aliphatic heterocycles. The van der Waals surface area contributed by atoms with E-state index >= 15 is 0 Å². The van der Waals surface area contributed by atoms with Gasteiger partial charge in [-0.15, -0.1) is 0 Å². The number of aryl methyl sites for hydroxylation is 3. The lowest BCUT2D eigenvalue weighted by Crippen LogP contribution is -1.98. The molecule has 0 atom stereocenters. The van der Waals surface area contributed by atoms with E-state index in [1.54, 1.807) is 12.1 Å². The monoisotopic (exact) mass is 458 g/mol. The van der Waals surface area contributed by atoms with Gasteiger partial charge in [0.25, 0.3) is 5.72 Å². The summed E-state index contributed by atoms with van der Waals surface area (Å²) in [6.45, 7) is 5.80. The number of hydrogen-bond donors (Lipinski definition) is 4. The third kappa shape index (κ3) is 5.18. The van der Waals surface area contributed by atoms with Gasteiger partial charge in [-0.1, -0.05) is 48.5 Å². The van der Waals surface area contributed by atoms with Crippen LogP contribution < -0.4 is 0 Å². The highest BCUT2D eigenvalue weighted by Gasteiger charge is 2.13. The highest BCUT2D eigenvalue weighted by Crippen LogP contribution is 2.32. The van der Waals surface area contributed by atoms with Gasteiger partial charge in [0.15, 0.2) is 0 Å². The van der Waals surface area contributed by atoms with Crippen LogP contribution in [0.4, 0.5) is 0 Å². The second kappa shape index (κ2) is 9.52. The number of phenols is 4. The number of phenolic OH excluding ortho intramolecular Hbond substituents is 4. The SMILES string of the molecule is [2H]Oc1ccc(Cc2cc(Cc3cc(C)c(O[2H])c(Cc4ccc(C)cc4O[2H])c3)cc(C)c2O[2H])cc1. The molecule has 0 fully saturated rings. The first-order valence-electron chi connectivity index (χ1n) is 12.9. The first-order valence-corrected chi connectivity index (χ1v) is 11.3. The number of rotatable bonds is 10. The van der Waals surface area contributed by atoms with Crippen molar-refractivity contribution in [1.29, 1.82) is 5.72 Å². The summed E-state index contributed by atoms with van der Waals surface area (Å²) in [5.41, 5.74) is 8.46. The van der Waals surface area contributed by atoms with Gasteiger partial charge in [-0.3, -0.25) is 0 Å². The van der Waals surface area contributed by atoms with E-state index in [2.05, 4.69) is 11.2 Å². The molecule has 0 unspecified atom stereocenters. The third-order valence-electron chi connectivity index (χ3n) is 6.15. The second-order valence-corrected chi connectivity index (χ2v) is 9.09. The van der Waals surface area contributed by atoms with Crippen molar-refractivity contribution < 1.29 is 20.4 Å². The van der Waals surface area contributed by atoms with Crippen LogP contribution in [-0.2, 0) is 19.3 Å². The van der Waals surface area contributed by atoms with Crippen LogP contribution in [0.3, 0.4) is 0 Å². The molecule has 0 aliphatic rings. The molecule has 4 N–H and O–H groups in total. The van der Waals surface area contributed by atoms with E-state index in [0.29, 0.717) is 42.3 Å². The van der Waals surface area contributed by atoms with Crippen LogP contribution in [0.2, 0.25) is 0 Å². The van der Waals surface area contributed by atoms with Crippen LogP contribution in [0.1, 0.15) is 50.1 Å². The van der Waals surface area contributed by atoms with E-state index in [4.69, 9.17) is 21.1 Å². The molecule has 0 aliphatic carbocycles. The quantitative estimate of drug-likeness (QED) is 0.228. The normalized spacial score (nSPS) is 12.2. The van der Waals surface area contributed by atoms with Gasteiger partial charge in [0.05, 0.1) is 0 Å². The molecule has 4 nitrogen and oxygen atoms in total. The first kappa shape index (κ1) is 18.5. The highest BCUT2D eigenvalue weighted by molar-refractivity contribution is 5.50. The zero-order valence-electron chi connectivity index (χ0n) is 23.6. The topological polar surface area (TPSA) is 80.9 Å². The van der Waals surface area contributed by atoms with Crippen molar-refractivity contribution in [2.24, 2.45) is 0 Å². The highest BCUT2D eigenvalue weighted by atomic mass is 16.3. The second-order valence-electron chi connectivity index (χ2n) is 9.09. The van der Waals surface area contributed by atoms with Crippen LogP contribution in [0, 0.1) is 20.8 Å². The molecule has 4 aromatic carbocycles. The van der Waals surface area contributed by atoms with Crippen LogP contribution >= 0.6 is 0 Å². The molecule has 174 valence electrons. The molecule has 4 rings (SSSR count). The van der Waals surface area contributed by atoms with Gasteiger partial charge in [-0.05, 0) is 95.5 Å². The smallest absolute Gasteiger partial charge is 0.293 e. The molecule has 0 aromatic heterocycles. The van der Waals surface area contributed by atoms with Gasteiger partial charge in [0.2, 0.25) is 0 Å². The lowest BCUT2D eigenvalue weighted by atomic mass is 9.93. The lowest BCUT2D eigenvalue weighted by molar-refractivity contribution is 0.460. The maximum absolute atomic E-state index is 7.63. The molecule has 34 heavy (non-hydrogen) atoms. The minimum atomic E-state index is 0.464. The number of aromatic hydroxyl groups is 4. The standard InChI is InChI=1S/C30H30O4/c1-18-4-7-24(28(32)10-18)17-26-16-23(12-20(3)30(26)34)13-22-11-19(2)29(33)25(15-22)14-21-5-8-27(31)9-6-21/h4-12,15-16,31-34H,13-14,17H2,1-3H3/i/hD4. The van der Waals surface area contributed by atoms with Crippen molar-refractivity contribution in [3.63, 3.8) is 0 Å². The summed E-state index contributed by atoms with van der Waals surface area (Å²) < 4.78 is 29.7. The van der Waals surface area contributed by atoms with E-state index in [1.165, 1.54) is 0 Å². The van der Waals surface area contributed by atoms with E-state index < -0.39 is 0 Å². The predicted octanol–water partition coefficient (Wildman–Crippen LogP) is 6.21. The van der Waals surface area contributed by atoms with Gasteiger partial charge in [0.1, 0.15) is 23.0 Å². The van der Waals surface area contributed by atoms with Crippen molar-refractivity contribution in [3.05, 3.63) is 117 Å². The van der Waals surface area contributed by atoms with Crippen molar-refractivity contribution in [2.75, 3.05) is 0 Å². The summed E-state index contributed by atoms with van der Waals surface area (Å²) in [6.07, 6.45) is 1.67. The van der Waals surface area contributed by atoms with Gasteiger partial charge in [0, 0.05) is 12.8 Å². The Labute approximate surface area is 206 Å². The molecule has 0 spiro atoms. The van der Waals surface area contributed by atoms with Crippen molar-refractivity contribution >= 4 is 0 Å². The Balaban J connectivity index is 1.67. The molecule has 0 saturated carbocycles. The van der Waals surface area contributed by atoms with Crippen LogP contribution in [0.15, 0.2) is 66.7 Å². The Hall–Kier alpha value is -3.92. The average Bonchev–Trinajstić information content (AvgIpc) is 2.90. The maximum atomic E-state index is 7.63. The summed E-state index contributed by atoms with van der Waals surface area (Å²) in [7, 11) is 0. The molecule has 4 aromatic rings. The molecule has 0 radical (unpaired) electrons. The Morgan fingerprint density at radius 3 is 1.79 bits per heavy atom. The first-order chi connectivity index (χ1) is 18.3. The molecule has 0 bridgehead atoms. The molecular formula is C30H30O4. The molecular weight excluding hydrogens is 424 g/mol. The average molecular weight is 459 g/mol. The van der Waals surface area contributed by atoms with Crippen LogP contribution in [-0.4, -0.2) is 26.2 Å². The molecule has 0 saturated heterocycles. The zero-order valence-corrected chi connectivity index (χ0v) is 19.6. The fourth-order valence-electron chi connectivity index (χ4n) is 4.40. The van der Waals surface area contributed by atoms with Crippen LogP contribution in [0.25, 0.3) is 0 Å². The molecule has 4 heteroatoms. The summed E-state index contributed by atoms with van der Waals surface area (Å²) >= 11 is 0. The zero-order chi connectivity index (χ0) is 27.2. The van der Waals surface area contributed by atoms with E-state index in [-0.39, 0.29) is 0 Å². The molecule has 0 heterocycles. The van der Waals surface area contributed by atoms with Crippen molar-refractivity contribution in [2.45, 2.75) is 40.0 Å². The number of benzene rings is 4. The maximum Gasteiger partial charge on any atom is 0.293 e. The largest absolute Gasteiger partial charge is 0.508 e. The van der Waals surface area contributed by atoms with E-state index in [9.17, 15) is 0 Å². The third-order valence-corrected chi connectivity index (χ3v) is 6.15. The van der Waals surface area contributed by atoms with Crippen molar-refractivity contribution in [1.82, 2.24) is 0 Å². The van der Waals surface area contributed by atoms with E-state index in [1.807, 2.05) is 69.3 Å². The molecule has 0 amide bonds. The Bertz CT molecular complexity index is 1420. The van der Waals surface area contributed by atoms with Gasteiger partial charge < -0.3 is 20.4 Å². The Morgan fingerprint density at radius 1 is 0.559 bits per heavy atom. The van der Waals surface area contributed by atoms with Crippen LogP contribution in [0.5, 0.6) is 23.0 Å². The van der Waals surface area contributed by atoms with E-state index in [0.717, 1.165) is 50.1 Å². The fourth-order valence-corrected chi connectivity index (χ4v) is 4.40. The Kier molecular flexibility index (Phi) is 5.18. The summed E-state index contributed by atoms with van der Waals surface area (Å²) in [5, 5.41) is 19.4. The van der Waals surface area contributed by atoms with Crippen molar-refractivity contribution in [3.8, 4) is 23.0 Å². The Morgan fingerprint density at radius 2 is 1.21 bits per heavy atom.